The number of nitrogens with two attached hydrogens (primary N) is 1. The molecule has 6 N–H and O–H groups in total. The lowest BCUT2D eigenvalue weighted by Gasteiger charge is -2.32. The van der Waals surface area contributed by atoms with Gasteiger partial charge in [0.1, 0.15) is 70.7 Å². The van der Waals surface area contributed by atoms with Gasteiger partial charge in [-0.25, -0.2) is 38.4 Å². The molecule has 0 aromatic carbocycles. The van der Waals surface area contributed by atoms with Crippen LogP contribution in [-0.2, 0) is 71.5 Å². The maximum absolute atomic E-state index is 12.8. The second-order valence-corrected chi connectivity index (χ2v) is 26.6. The Bertz CT molecular complexity index is 2250. The Morgan fingerprint density at radius 3 is 0.802 bits per heavy atom. The van der Waals surface area contributed by atoms with E-state index in [-0.39, 0.29) is 30.2 Å². The molecule has 0 saturated carbocycles. The van der Waals surface area contributed by atoms with Gasteiger partial charge in [0.25, 0.3) is 0 Å². The minimum Gasteiger partial charge on any atom is -0.480 e. The largest absolute Gasteiger partial charge is 0.480 e. The number of carboxylic acids is 2. The van der Waals surface area contributed by atoms with E-state index in [0.29, 0.717) is 25.2 Å². The van der Waals surface area contributed by atoms with E-state index in [1.54, 1.807) is 104 Å². The molecule has 30 heteroatoms. The molecule has 0 fully saturated rings. The molecule has 0 aliphatic carbocycles. The quantitative estimate of drug-likeness (QED) is 0.0554. The second kappa shape index (κ2) is 43.8. The Labute approximate surface area is 547 Å². The van der Waals surface area contributed by atoms with Crippen molar-refractivity contribution in [2.24, 2.45) is 23.5 Å². The van der Waals surface area contributed by atoms with Crippen LogP contribution in [0.1, 0.15) is 179 Å². The number of hydrogen-bond donors (Lipinski definition) is 5. The van der Waals surface area contributed by atoms with Crippen LogP contribution in [0.5, 0.6) is 0 Å². The molecule has 0 aromatic rings. The molecule has 29 nitrogen and oxygen atoms in total. The summed E-state index contributed by atoms with van der Waals surface area (Å²) in [6.07, 6.45) is -0.931. The van der Waals surface area contributed by atoms with E-state index in [2.05, 4.69) is 15.4 Å². The number of rotatable bonds is 21. The Kier molecular flexibility index (Phi) is 45.8. The van der Waals surface area contributed by atoms with Crippen LogP contribution in [0.3, 0.4) is 0 Å². The standard InChI is InChI=1S/C20H37N3O6.C16H30N2O5.2C9H17NO4.C7H15NO2.ClH/c1-12(2)11-15(18(26)28-10)21-16(24)13(3)22(8)17(25)14(4)23(9)19(27)29-20(5,6)7;1-10(2)9-12(14(20)22-8)17-13(19)11(3)18(7)15(21)23-16(4,5)6;2*1-6(7(11)12)10(5)8(13)14-9(2,3)4;1-5(2)4-6(8)7(9)10-3;/h12-15H,11H2,1-10H3,(H,21,24);10-12H,9H2,1-8H3,(H,17,19);2*6H,1-5H3,(H,11,12);5-6H,4,8H2,1-3H3;1H/t13-,14+,15-;11-,12-;3*6-;/m11101./s1. The van der Waals surface area contributed by atoms with Crippen molar-refractivity contribution in [2.75, 3.05) is 56.6 Å². The van der Waals surface area contributed by atoms with Crippen LogP contribution in [0.2, 0.25) is 0 Å². The fourth-order valence-electron chi connectivity index (χ4n) is 6.30. The fourth-order valence-corrected chi connectivity index (χ4v) is 6.30. The number of carbonyl (C=O) groups excluding carboxylic acids is 10. The summed E-state index contributed by atoms with van der Waals surface area (Å²) in [6, 6.07) is -6.21. The van der Waals surface area contributed by atoms with Gasteiger partial charge in [-0.05, 0) is 155 Å². The van der Waals surface area contributed by atoms with E-state index in [1.165, 1.54) is 85.1 Å². The molecule has 0 unspecified atom stereocenters. The number of aliphatic carboxylic acids is 2. The zero-order valence-electron chi connectivity index (χ0n) is 60.3. The molecule has 0 aliphatic rings. The van der Waals surface area contributed by atoms with Gasteiger partial charge in [0, 0.05) is 35.2 Å². The summed E-state index contributed by atoms with van der Waals surface area (Å²) in [5.74, 6) is -4.02. The van der Waals surface area contributed by atoms with Crippen molar-refractivity contribution in [3.05, 3.63) is 0 Å². The molecule has 8 atom stereocenters. The van der Waals surface area contributed by atoms with Crippen LogP contribution in [0, 0.1) is 17.8 Å². The number of ether oxygens (including phenoxy) is 7. The molecule has 7 amide bonds. The molecule has 0 bridgehead atoms. The maximum Gasteiger partial charge on any atom is 0.410 e. The first kappa shape index (κ1) is 95.2. The number of carboxylic acid groups (broad SMARTS) is 2. The van der Waals surface area contributed by atoms with Crippen LogP contribution in [0.4, 0.5) is 19.2 Å². The maximum atomic E-state index is 12.8. The highest BCUT2D eigenvalue weighted by Gasteiger charge is 2.35. The van der Waals surface area contributed by atoms with E-state index >= 15 is 0 Å². The number of nitrogens with zero attached hydrogens (tertiary/aromatic N) is 5. The zero-order chi connectivity index (χ0) is 72.7. The van der Waals surface area contributed by atoms with Gasteiger partial charge in [0.15, 0.2) is 0 Å². The van der Waals surface area contributed by atoms with E-state index < -0.39 is 137 Å². The third-order valence-corrected chi connectivity index (χ3v) is 12.1. The number of amides is 7. The predicted molar refractivity (Wildman–Crippen MR) is 345 cm³/mol. The first-order valence-electron chi connectivity index (χ1n) is 29.5. The predicted octanol–water partition coefficient (Wildman–Crippen LogP) is 7.35. The van der Waals surface area contributed by atoms with Crippen molar-refractivity contribution in [3.8, 4) is 0 Å². The molecule has 0 aliphatic heterocycles. The molecule has 0 heterocycles. The molecule has 91 heavy (non-hydrogen) atoms. The molecule has 0 rings (SSSR count). The summed E-state index contributed by atoms with van der Waals surface area (Å²) in [5.41, 5.74) is 2.91. The Balaban J connectivity index is -0.000000260. The highest BCUT2D eigenvalue weighted by molar-refractivity contribution is 5.93. The summed E-state index contributed by atoms with van der Waals surface area (Å²) in [4.78, 5) is 146. The van der Waals surface area contributed by atoms with Crippen molar-refractivity contribution in [3.63, 3.8) is 0 Å². The smallest absolute Gasteiger partial charge is 0.410 e. The number of halogens is 1. The van der Waals surface area contributed by atoms with Crippen LogP contribution in [0.15, 0.2) is 0 Å². The Morgan fingerprint density at radius 1 is 0.374 bits per heavy atom. The minimum atomic E-state index is -1.06. The van der Waals surface area contributed by atoms with E-state index in [0.717, 1.165) is 9.80 Å². The van der Waals surface area contributed by atoms with E-state index in [4.69, 9.17) is 44.4 Å². The molecule has 534 valence electrons. The highest BCUT2D eigenvalue weighted by atomic mass is 35.5. The number of esters is 3. The summed E-state index contributed by atoms with van der Waals surface area (Å²) in [5, 5.41) is 22.6. The van der Waals surface area contributed by atoms with Crippen LogP contribution in [0.25, 0.3) is 0 Å². The lowest BCUT2D eigenvalue weighted by molar-refractivity contribution is -0.147. The lowest BCUT2D eigenvalue weighted by Crippen LogP contribution is -2.55. The topological polar surface area (TPSA) is 376 Å². The van der Waals surface area contributed by atoms with Gasteiger partial charge in [0.05, 0.1) is 21.3 Å². The van der Waals surface area contributed by atoms with Crippen molar-refractivity contribution < 1.29 is 101 Å². The van der Waals surface area contributed by atoms with Crippen molar-refractivity contribution >= 4 is 84.3 Å². The van der Waals surface area contributed by atoms with Crippen LogP contribution >= 0.6 is 12.4 Å². The molecular formula is C61H117ClN8O21. The van der Waals surface area contributed by atoms with Gasteiger partial charge < -0.3 is 64.6 Å². The normalized spacial score (nSPS) is 13.7. The highest BCUT2D eigenvalue weighted by Crippen LogP contribution is 2.17. The fraction of sp³-hybridized carbons (Fsp3) is 0.803. The Morgan fingerprint density at radius 2 is 0.593 bits per heavy atom. The lowest BCUT2D eigenvalue weighted by atomic mass is 10.0. The summed E-state index contributed by atoms with van der Waals surface area (Å²) < 4.78 is 34.4. The molecule has 0 saturated heterocycles. The minimum absolute atomic E-state index is 0. The van der Waals surface area contributed by atoms with Crippen molar-refractivity contribution in [1.29, 1.82) is 0 Å². The summed E-state index contributed by atoms with van der Waals surface area (Å²) >= 11 is 0. The number of nitrogens with one attached hydrogen (secondary N) is 2. The van der Waals surface area contributed by atoms with Gasteiger partial charge in [0.2, 0.25) is 17.7 Å². The molecule has 0 aromatic heterocycles. The van der Waals surface area contributed by atoms with Gasteiger partial charge in [-0.2, -0.15) is 0 Å². The zero-order valence-corrected chi connectivity index (χ0v) is 61.2. The monoisotopic (exact) mass is 1330 g/mol. The van der Waals surface area contributed by atoms with Crippen LogP contribution in [-0.4, -0.2) is 234 Å². The first-order chi connectivity index (χ1) is 40.4. The molecule has 0 spiro atoms. The molecule has 0 radical (unpaired) electrons. The molecular weight excluding hydrogens is 1220 g/mol. The average molecular weight is 1330 g/mol. The van der Waals surface area contributed by atoms with E-state index in [9.17, 15) is 57.5 Å². The van der Waals surface area contributed by atoms with Gasteiger partial charge in [-0.3, -0.25) is 38.8 Å². The number of likely N-dealkylation sites (N-methyl/N-ethyl adjacent to an activating group) is 5. The van der Waals surface area contributed by atoms with Gasteiger partial charge >= 0.3 is 54.2 Å². The number of hydrogen-bond acceptors (Lipinski definition) is 20. The first-order valence-corrected chi connectivity index (χ1v) is 29.5. The van der Waals surface area contributed by atoms with E-state index in [1.807, 2.05) is 41.5 Å². The second-order valence-electron chi connectivity index (χ2n) is 26.6. The third kappa shape index (κ3) is 44.3. The average Bonchev–Trinajstić information content (AvgIpc) is 1.62. The summed E-state index contributed by atoms with van der Waals surface area (Å²) in [7, 11) is 11.1. The van der Waals surface area contributed by atoms with Gasteiger partial charge in [-0.1, -0.05) is 41.5 Å². The third-order valence-electron chi connectivity index (χ3n) is 12.1. The van der Waals surface area contributed by atoms with Crippen molar-refractivity contribution in [2.45, 2.75) is 249 Å². The van der Waals surface area contributed by atoms with Crippen LogP contribution < -0.4 is 16.4 Å². The number of methoxy groups -OCH3 is 3. The van der Waals surface area contributed by atoms with Gasteiger partial charge in [-0.15, -0.1) is 12.4 Å². The summed E-state index contributed by atoms with van der Waals surface area (Å²) in [6.45, 7) is 40.1. The Hall–Kier alpha value is -6.91. The van der Waals surface area contributed by atoms with Crippen molar-refractivity contribution in [1.82, 2.24) is 35.1 Å². The SMILES string of the molecule is COC(=O)[C@@H](CC(C)C)NC(=O)[C@@H](C)N(C)C(=O)OC(C)(C)C.COC(=O)[C@@H](CC(C)C)NC(=O)[C@@H](C)N(C)C(=O)[C@H](C)N(C)C(=O)OC(C)(C)C.COC(=O)[C@H](N)CC(C)C.C[C@@H](C(=O)O)N(C)C(=O)OC(C)(C)C.C[C@H](C(=O)O)N(C)C(=O)OC(C)(C)C.Cl. The number of carbonyl (C=O) groups is 12.